The molecule has 0 aliphatic carbocycles. The van der Waals surface area contributed by atoms with E-state index in [4.69, 9.17) is 0 Å². The lowest BCUT2D eigenvalue weighted by molar-refractivity contribution is 0.644. The molecule has 0 aromatic heterocycles. The Hall–Kier alpha value is -0.540. The molecule has 1 unspecified atom stereocenters. The average molecular weight is 311 g/mol. The van der Waals surface area contributed by atoms with Crippen LogP contribution in [0.25, 0.3) is 0 Å². The number of halogens is 1. The minimum atomic E-state index is 0.723. The van der Waals surface area contributed by atoms with Crippen LogP contribution in [0.15, 0.2) is 22.7 Å². The van der Waals surface area contributed by atoms with Crippen LogP contribution in [-0.4, -0.2) is 19.1 Å². The minimum Gasteiger partial charge on any atom is -0.368 e. The number of nitrogens with zero attached hydrogens (tertiary/aromatic N) is 1. The zero-order chi connectivity index (χ0) is 13.0. The second-order valence-electron chi connectivity index (χ2n) is 4.96. The van der Waals surface area contributed by atoms with Crippen LogP contribution in [0.3, 0.4) is 0 Å². The number of rotatable bonds is 5. The molecule has 1 atom stereocenters. The van der Waals surface area contributed by atoms with Crippen molar-refractivity contribution in [3.63, 3.8) is 0 Å². The van der Waals surface area contributed by atoms with Crippen LogP contribution in [0.2, 0.25) is 0 Å². The second-order valence-corrected chi connectivity index (χ2v) is 5.82. The van der Waals surface area contributed by atoms with E-state index in [-0.39, 0.29) is 0 Å². The van der Waals surface area contributed by atoms with Gasteiger partial charge in [-0.25, -0.2) is 0 Å². The molecule has 2 rings (SSSR count). The van der Waals surface area contributed by atoms with Gasteiger partial charge in [-0.2, -0.15) is 0 Å². The predicted molar refractivity (Wildman–Crippen MR) is 82.2 cm³/mol. The Balaban J connectivity index is 2.14. The lowest BCUT2D eigenvalue weighted by Crippen LogP contribution is -2.28. The van der Waals surface area contributed by atoms with Crippen molar-refractivity contribution in [3.8, 4) is 0 Å². The van der Waals surface area contributed by atoms with Gasteiger partial charge in [-0.1, -0.05) is 19.9 Å². The molecule has 1 aromatic rings. The molecule has 0 saturated carbocycles. The van der Waals surface area contributed by atoms with Gasteiger partial charge in [0, 0.05) is 23.6 Å². The van der Waals surface area contributed by atoms with Gasteiger partial charge < -0.3 is 10.2 Å². The smallest absolute Gasteiger partial charge is 0.0513 e. The minimum absolute atomic E-state index is 0.723. The summed E-state index contributed by atoms with van der Waals surface area (Å²) < 4.78 is 1.23. The lowest BCUT2D eigenvalue weighted by Gasteiger charge is -2.27. The Morgan fingerprint density at radius 1 is 1.39 bits per heavy atom. The first-order chi connectivity index (χ1) is 8.76. The van der Waals surface area contributed by atoms with Crippen LogP contribution in [0.5, 0.6) is 0 Å². The molecule has 1 N–H and O–H groups in total. The molecule has 0 spiro atoms. The van der Waals surface area contributed by atoms with Crippen molar-refractivity contribution in [2.75, 3.05) is 18.0 Å². The summed E-state index contributed by atoms with van der Waals surface area (Å²) in [6, 6.07) is 7.49. The van der Waals surface area contributed by atoms with Crippen LogP contribution in [0.4, 0.5) is 5.69 Å². The van der Waals surface area contributed by atoms with E-state index >= 15 is 0 Å². The topological polar surface area (TPSA) is 15.3 Å². The zero-order valence-corrected chi connectivity index (χ0v) is 13.0. The number of hydrogen-bond donors (Lipinski definition) is 1. The molecular formula is C15H23BrN2. The fourth-order valence-corrected chi connectivity index (χ4v) is 3.39. The highest BCUT2D eigenvalue weighted by Gasteiger charge is 2.24. The van der Waals surface area contributed by atoms with Crippen LogP contribution in [0.1, 0.15) is 38.7 Å². The Labute approximate surface area is 119 Å². The summed E-state index contributed by atoms with van der Waals surface area (Å²) in [5.41, 5.74) is 2.71. The Morgan fingerprint density at radius 2 is 2.22 bits per heavy atom. The van der Waals surface area contributed by atoms with E-state index in [1.165, 1.54) is 41.5 Å². The zero-order valence-electron chi connectivity index (χ0n) is 11.4. The largest absolute Gasteiger partial charge is 0.368 e. The molecule has 1 saturated heterocycles. The van der Waals surface area contributed by atoms with Crippen molar-refractivity contribution < 1.29 is 0 Å². The molecule has 1 aliphatic rings. The number of nitrogens with one attached hydrogen (secondary N) is 1. The number of benzene rings is 1. The highest BCUT2D eigenvalue weighted by Crippen LogP contribution is 2.33. The van der Waals surface area contributed by atoms with Crippen molar-refractivity contribution in [1.82, 2.24) is 5.32 Å². The fourth-order valence-electron chi connectivity index (χ4n) is 2.74. The maximum Gasteiger partial charge on any atom is 0.0513 e. The Bertz CT molecular complexity index is 392. The van der Waals surface area contributed by atoms with Crippen molar-refractivity contribution in [2.24, 2.45) is 0 Å². The monoisotopic (exact) mass is 310 g/mol. The van der Waals surface area contributed by atoms with Crippen molar-refractivity contribution in [3.05, 3.63) is 28.2 Å². The summed E-state index contributed by atoms with van der Waals surface area (Å²) in [6.07, 6.45) is 3.90. The van der Waals surface area contributed by atoms with Crippen LogP contribution in [-0.2, 0) is 6.54 Å². The quantitative estimate of drug-likeness (QED) is 0.886. The maximum atomic E-state index is 3.74. The van der Waals surface area contributed by atoms with Gasteiger partial charge in [-0.3, -0.25) is 0 Å². The lowest BCUT2D eigenvalue weighted by atomic mass is 10.1. The first kappa shape index (κ1) is 13.9. The number of hydrogen-bond acceptors (Lipinski definition) is 2. The average Bonchev–Trinajstić information content (AvgIpc) is 2.84. The molecule has 1 aliphatic heterocycles. The van der Waals surface area contributed by atoms with E-state index in [0.29, 0.717) is 0 Å². The van der Waals surface area contributed by atoms with E-state index in [2.05, 4.69) is 58.2 Å². The first-order valence-corrected chi connectivity index (χ1v) is 7.81. The van der Waals surface area contributed by atoms with Crippen LogP contribution in [0, 0.1) is 0 Å². The van der Waals surface area contributed by atoms with E-state index < -0.39 is 0 Å². The Morgan fingerprint density at radius 3 is 2.89 bits per heavy atom. The van der Waals surface area contributed by atoms with Crippen LogP contribution < -0.4 is 10.2 Å². The van der Waals surface area contributed by atoms with Gasteiger partial charge in [0.05, 0.1) is 5.69 Å². The summed E-state index contributed by atoms with van der Waals surface area (Å²) in [4.78, 5) is 2.56. The molecule has 0 bridgehead atoms. The molecule has 100 valence electrons. The molecule has 0 amide bonds. The third-order valence-corrected chi connectivity index (χ3v) is 4.38. The van der Waals surface area contributed by atoms with Gasteiger partial charge in [-0.15, -0.1) is 0 Å². The molecule has 1 fully saturated rings. The summed E-state index contributed by atoms with van der Waals surface area (Å²) in [7, 11) is 0. The van der Waals surface area contributed by atoms with Crippen molar-refractivity contribution in [2.45, 2.75) is 45.7 Å². The molecule has 3 heteroatoms. The summed E-state index contributed by atoms with van der Waals surface area (Å²) in [5, 5.41) is 3.37. The van der Waals surface area contributed by atoms with Gasteiger partial charge in [0.1, 0.15) is 0 Å². The summed E-state index contributed by atoms with van der Waals surface area (Å²) in [5.74, 6) is 0. The molecule has 1 aromatic carbocycles. The third kappa shape index (κ3) is 3.07. The van der Waals surface area contributed by atoms with E-state index in [1.807, 2.05) is 0 Å². The number of anilines is 1. The van der Waals surface area contributed by atoms with Gasteiger partial charge in [-0.05, 0) is 59.4 Å². The van der Waals surface area contributed by atoms with Gasteiger partial charge >= 0.3 is 0 Å². The molecular weight excluding hydrogens is 288 g/mol. The SMILES string of the molecule is CCNCc1ccc(N2CCCC2CC)c(Br)c1. The summed E-state index contributed by atoms with van der Waals surface area (Å²) in [6.45, 7) is 7.59. The van der Waals surface area contributed by atoms with Gasteiger partial charge in [0.25, 0.3) is 0 Å². The molecule has 2 nitrogen and oxygen atoms in total. The van der Waals surface area contributed by atoms with E-state index in [0.717, 1.165) is 19.1 Å². The maximum absolute atomic E-state index is 3.74. The molecule has 1 heterocycles. The highest BCUT2D eigenvalue weighted by molar-refractivity contribution is 9.10. The standard InChI is InChI=1S/C15H23BrN2/c1-3-13-6-5-9-18(13)15-8-7-12(10-14(15)16)11-17-4-2/h7-8,10,13,17H,3-6,9,11H2,1-2H3. The van der Waals surface area contributed by atoms with E-state index in [9.17, 15) is 0 Å². The fraction of sp³-hybridized carbons (Fsp3) is 0.600. The highest BCUT2D eigenvalue weighted by atomic mass is 79.9. The Kier molecular flexibility index (Phi) is 5.07. The predicted octanol–water partition coefficient (Wildman–Crippen LogP) is 3.94. The van der Waals surface area contributed by atoms with Gasteiger partial charge in [0.2, 0.25) is 0 Å². The molecule has 0 radical (unpaired) electrons. The summed E-state index contributed by atoms with van der Waals surface area (Å²) >= 11 is 3.74. The first-order valence-electron chi connectivity index (χ1n) is 7.02. The van der Waals surface area contributed by atoms with Gasteiger partial charge in [0.15, 0.2) is 0 Å². The van der Waals surface area contributed by atoms with Crippen molar-refractivity contribution in [1.29, 1.82) is 0 Å². The van der Waals surface area contributed by atoms with Crippen LogP contribution >= 0.6 is 15.9 Å². The van der Waals surface area contributed by atoms with E-state index in [1.54, 1.807) is 0 Å². The van der Waals surface area contributed by atoms with Crippen molar-refractivity contribution >= 4 is 21.6 Å². The normalized spacial score (nSPS) is 19.5. The third-order valence-electron chi connectivity index (χ3n) is 3.75. The molecule has 18 heavy (non-hydrogen) atoms. The second kappa shape index (κ2) is 6.58.